The number of carbonyl (C=O) groups is 1. The normalized spacial score (nSPS) is 24.2. The summed E-state index contributed by atoms with van der Waals surface area (Å²) in [4.78, 5) is 17.6. The molecule has 5 rings (SSSR count). The highest BCUT2D eigenvalue weighted by Gasteiger charge is 2.33. The van der Waals surface area contributed by atoms with Crippen molar-refractivity contribution < 1.29 is 14.3 Å². The lowest BCUT2D eigenvalue weighted by atomic mass is 10.0. The van der Waals surface area contributed by atoms with Gasteiger partial charge >= 0.3 is 0 Å². The summed E-state index contributed by atoms with van der Waals surface area (Å²) in [6.07, 6.45) is 4.18. The highest BCUT2D eigenvalue weighted by Crippen LogP contribution is 2.38. The second kappa shape index (κ2) is 7.17. The average molecular weight is 381 g/mol. The van der Waals surface area contributed by atoms with Crippen LogP contribution in [0, 0.1) is 0 Å². The summed E-state index contributed by atoms with van der Waals surface area (Å²) in [7, 11) is 0. The van der Waals surface area contributed by atoms with Crippen LogP contribution in [0.2, 0.25) is 0 Å². The van der Waals surface area contributed by atoms with Gasteiger partial charge in [0.15, 0.2) is 11.5 Å². The van der Waals surface area contributed by atoms with E-state index < -0.39 is 0 Å². The lowest BCUT2D eigenvalue weighted by Gasteiger charge is -2.36. The van der Waals surface area contributed by atoms with Crippen molar-refractivity contribution in [2.75, 3.05) is 32.8 Å². The maximum absolute atomic E-state index is 13.2. The molecule has 0 radical (unpaired) electrons. The van der Waals surface area contributed by atoms with Gasteiger partial charge in [-0.1, -0.05) is 6.07 Å². The Labute approximate surface area is 165 Å². The summed E-state index contributed by atoms with van der Waals surface area (Å²) in [6, 6.07) is 10.8. The third kappa shape index (κ3) is 3.05. The molecule has 6 heteroatoms. The SMILES string of the molecule is CC1c2cccn2CCN1CC(=O)N1CCCC1c1ccc2c(c1)OCCO2. The number of hydrogen-bond acceptors (Lipinski definition) is 4. The van der Waals surface area contributed by atoms with Crippen LogP contribution in [-0.4, -0.2) is 53.1 Å². The van der Waals surface area contributed by atoms with E-state index in [9.17, 15) is 4.79 Å². The molecule has 2 atom stereocenters. The topological polar surface area (TPSA) is 46.9 Å². The van der Waals surface area contributed by atoms with E-state index in [2.05, 4.69) is 51.8 Å². The average Bonchev–Trinajstić information content (AvgIpc) is 3.39. The monoisotopic (exact) mass is 381 g/mol. The molecule has 3 aliphatic rings. The van der Waals surface area contributed by atoms with Crippen molar-refractivity contribution in [3.63, 3.8) is 0 Å². The molecule has 1 aromatic heterocycles. The molecule has 2 unspecified atom stereocenters. The molecule has 1 aromatic carbocycles. The fourth-order valence-corrected chi connectivity index (χ4v) is 4.79. The molecule has 1 saturated heterocycles. The Balaban J connectivity index is 1.31. The molecule has 0 N–H and O–H groups in total. The zero-order valence-corrected chi connectivity index (χ0v) is 16.3. The molecule has 4 heterocycles. The zero-order valence-electron chi connectivity index (χ0n) is 16.3. The van der Waals surface area contributed by atoms with Gasteiger partial charge in [0.05, 0.1) is 12.6 Å². The number of aromatic nitrogens is 1. The van der Waals surface area contributed by atoms with Crippen LogP contribution in [0.25, 0.3) is 0 Å². The van der Waals surface area contributed by atoms with Gasteiger partial charge in [0.25, 0.3) is 0 Å². The molecule has 0 saturated carbocycles. The lowest BCUT2D eigenvalue weighted by Crippen LogP contribution is -2.44. The summed E-state index contributed by atoms with van der Waals surface area (Å²) in [6.45, 7) is 6.54. The van der Waals surface area contributed by atoms with Gasteiger partial charge in [-0.15, -0.1) is 0 Å². The summed E-state index contributed by atoms with van der Waals surface area (Å²) >= 11 is 0. The predicted molar refractivity (Wildman–Crippen MR) is 106 cm³/mol. The number of likely N-dealkylation sites (tertiary alicyclic amines) is 1. The highest BCUT2D eigenvalue weighted by atomic mass is 16.6. The Morgan fingerprint density at radius 3 is 2.86 bits per heavy atom. The number of nitrogens with zero attached hydrogens (tertiary/aromatic N) is 3. The summed E-state index contributed by atoms with van der Waals surface area (Å²) in [5, 5.41) is 0. The van der Waals surface area contributed by atoms with Crippen LogP contribution in [0.4, 0.5) is 0 Å². The third-order valence-electron chi connectivity index (χ3n) is 6.33. The van der Waals surface area contributed by atoms with Crippen molar-refractivity contribution >= 4 is 5.91 Å². The minimum atomic E-state index is 0.132. The largest absolute Gasteiger partial charge is 0.486 e. The second-order valence-electron chi connectivity index (χ2n) is 7.92. The first-order valence-corrected chi connectivity index (χ1v) is 10.3. The summed E-state index contributed by atoms with van der Waals surface area (Å²) < 4.78 is 13.7. The van der Waals surface area contributed by atoms with Crippen molar-refractivity contribution in [1.82, 2.24) is 14.4 Å². The van der Waals surface area contributed by atoms with Crippen LogP contribution in [0.1, 0.15) is 43.1 Å². The predicted octanol–water partition coefficient (Wildman–Crippen LogP) is 3.00. The van der Waals surface area contributed by atoms with Crippen molar-refractivity contribution in [1.29, 1.82) is 0 Å². The van der Waals surface area contributed by atoms with E-state index in [1.54, 1.807) is 0 Å². The Morgan fingerprint density at radius 1 is 1.11 bits per heavy atom. The van der Waals surface area contributed by atoms with Gasteiger partial charge in [-0.2, -0.15) is 0 Å². The highest BCUT2D eigenvalue weighted by molar-refractivity contribution is 5.79. The maximum atomic E-state index is 13.2. The van der Waals surface area contributed by atoms with Crippen molar-refractivity contribution in [2.45, 2.75) is 38.4 Å². The van der Waals surface area contributed by atoms with Gasteiger partial charge in [-0.3, -0.25) is 9.69 Å². The standard InChI is InChI=1S/C22H27N3O3/c1-16-18-4-2-8-23(18)10-11-24(16)15-22(26)25-9-3-5-19(25)17-6-7-20-21(14-17)28-13-12-27-20/h2,4,6-8,14,16,19H,3,5,9-13,15H2,1H3. The van der Waals surface area contributed by atoms with Gasteiger partial charge < -0.3 is 18.9 Å². The Morgan fingerprint density at radius 2 is 1.96 bits per heavy atom. The summed E-state index contributed by atoms with van der Waals surface area (Å²) in [5.74, 6) is 1.83. The van der Waals surface area contributed by atoms with Crippen molar-refractivity contribution in [3.05, 3.63) is 47.8 Å². The van der Waals surface area contributed by atoms with E-state index in [0.717, 1.165) is 49.5 Å². The molecule has 1 amide bonds. The number of rotatable bonds is 3. The molecular weight excluding hydrogens is 354 g/mol. The second-order valence-corrected chi connectivity index (χ2v) is 7.92. The van der Waals surface area contributed by atoms with Crippen LogP contribution in [0.15, 0.2) is 36.5 Å². The lowest BCUT2D eigenvalue weighted by molar-refractivity contribution is -0.134. The van der Waals surface area contributed by atoms with Crippen LogP contribution < -0.4 is 9.47 Å². The number of benzene rings is 1. The molecule has 0 bridgehead atoms. The van der Waals surface area contributed by atoms with Crippen molar-refractivity contribution in [3.8, 4) is 11.5 Å². The van der Waals surface area contributed by atoms with Crippen LogP contribution >= 0.6 is 0 Å². The van der Waals surface area contributed by atoms with Crippen LogP contribution in [0.3, 0.4) is 0 Å². The molecule has 1 fully saturated rings. The van der Waals surface area contributed by atoms with E-state index >= 15 is 0 Å². The Kier molecular flexibility index (Phi) is 4.51. The summed E-state index contributed by atoms with van der Waals surface area (Å²) in [5.41, 5.74) is 2.44. The van der Waals surface area contributed by atoms with Gasteiger partial charge in [0.2, 0.25) is 5.91 Å². The first-order chi connectivity index (χ1) is 13.7. The minimum absolute atomic E-state index is 0.132. The van der Waals surface area contributed by atoms with Gasteiger partial charge in [-0.25, -0.2) is 0 Å². The number of hydrogen-bond donors (Lipinski definition) is 0. The van der Waals surface area contributed by atoms with Crippen LogP contribution in [0.5, 0.6) is 11.5 Å². The van der Waals surface area contributed by atoms with Gasteiger partial charge in [0, 0.05) is 37.6 Å². The molecule has 0 aliphatic carbocycles. The molecule has 0 spiro atoms. The first kappa shape index (κ1) is 17.6. The fourth-order valence-electron chi connectivity index (χ4n) is 4.79. The van der Waals surface area contributed by atoms with Gasteiger partial charge in [0.1, 0.15) is 13.2 Å². The number of carbonyl (C=O) groups excluding carboxylic acids is 1. The molecule has 148 valence electrons. The molecule has 28 heavy (non-hydrogen) atoms. The Bertz CT molecular complexity index is 878. The molecular formula is C22H27N3O3. The minimum Gasteiger partial charge on any atom is -0.486 e. The van der Waals surface area contributed by atoms with Gasteiger partial charge in [-0.05, 0) is 49.6 Å². The van der Waals surface area contributed by atoms with Crippen molar-refractivity contribution in [2.24, 2.45) is 0 Å². The van der Waals surface area contributed by atoms with E-state index in [4.69, 9.17) is 9.47 Å². The van der Waals surface area contributed by atoms with Crippen LogP contribution in [-0.2, 0) is 11.3 Å². The fraction of sp³-hybridized carbons (Fsp3) is 0.500. The van der Waals surface area contributed by atoms with E-state index in [1.165, 1.54) is 5.69 Å². The number of fused-ring (bicyclic) bond motifs is 2. The van der Waals surface area contributed by atoms with E-state index in [0.29, 0.717) is 19.8 Å². The smallest absolute Gasteiger partial charge is 0.237 e. The maximum Gasteiger partial charge on any atom is 0.237 e. The number of ether oxygens (including phenoxy) is 2. The molecule has 3 aliphatic heterocycles. The third-order valence-corrected chi connectivity index (χ3v) is 6.33. The van der Waals surface area contributed by atoms with E-state index in [-0.39, 0.29) is 18.0 Å². The molecule has 6 nitrogen and oxygen atoms in total. The quantitative estimate of drug-likeness (QED) is 0.820. The molecule has 2 aromatic rings. The Hall–Kier alpha value is -2.47. The first-order valence-electron chi connectivity index (χ1n) is 10.3. The zero-order chi connectivity index (χ0) is 19.1. The van der Waals surface area contributed by atoms with E-state index in [1.807, 2.05) is 6.07 Å². The number of amides is 1.